The van der Waals surface area contributed by atoms with Gasteiger partial charge in [-0.05, 0) is 42.7 Å². The predicted octanol–water partition coefficient (Wildman–Crippen LogP) is 3.27. The monoisotopic (exact) mass is 512 g/mol. The minimum absolute atomic E-state index is 0.0128. The lowest BCUT2D eigenvalue weighted by molar-refractivity contribution is -0.137. The Morgan fingerprint density at radius 1 is 1.26 bits per heavy atom. The number of sulfonamides is 1. The Morgan fingerprint density at radius 3 is 2.66 bits per heavy atom. The number of aromatic nitrogens is 1. The number of nitrogens with one attached hydrogen (secondary N) is 1. The van der Waals surface area contributed by atoms with Gasteiger partial charge in [-0.25, -0.2) is 18.7 Å². The van der Waals surface area contributed by atoms with Gasteiger partial charge in [-0.15, -0.1) is 0 Å². The van der Waals surface area contributed by atoms with Crippen LogP contribution in [0, 0.1) is 0 Å². The Balaban J connectivity index is 1.37. The maximum absolute atomic E-state index is 13.0. The zero-order valence-electron chi connectivity index (χ0n) is 18.7. The number of hydrogen-bond donors (Lipinski definition) is 1. The number of halogens is 3. The maximum Gasteiger partial charge on any atom is 0.416 e. The van der Waals surface area contributed by atoms with Crippen LogP contribution in [0.2, 0.25) is 0 Å². The van der Waals surface area contributed by atoms with Crippen LogP contribution in [0.1, 0.15) is 24.0 Å². The summed E-state index contributed by atoms with van der Waals surface area (Å²) in [5.74, 6) is 0.0854. The number of hydrogen-bond acceptors (Lipinski definition) is 7. The van der Waals surface area contributed by atoms with Gasteiger partial charge in [-0.2, -0.15) is 17.5 Å². The number of ether oxygens (including phenoxy) is 1. The van der Waals surface area contributed by atoms with Gasteiger partial charge < -0.3 is 9.64 Å². The first kappa shape index (κ1) is 24.9. The van der Waals surface area contributed by atoms with Crippen LogP contribution in [0.5, 0.6) is 0 Å². The molecule has 35 heavy (non-hydrogen) atoms. The van der Waals surface area contributed by atoms with Crippen molar-refractivity contribution < 1.29 is 36.0 Å². The van der Waals surface area contributed by atoms with Gasteiger partial charge in [0.15, 0.2) is 0 Å². The number of amides is 1. The van der Waals surface area contributed by atoms with Gasteiger partial charge in [-0.1, -0.05) is 12.1 Å². The molecule has 1 aromatic heterocycles. The van der Waals surface area contributed by atoms with Crippen LogP contribution in [0.3, 0.4) is 0 Å². The zero-order valence-corrected chi connectivity index (χ0v) is 19.5. The van der Waals surface area contributed by atoms with E-state index in [4.69, 9.17) is 9.57 Å². The van der Waals surface area contributed by atoms with E-state index in [0.717, 1.165) is 28.1 Å². The molecule has 9 nitrogen and oxygen atoms in total. The molecule has 2 aliphatic heterocycles. The van der Waals surface area contributed by atoms with Gasteiger partial charge in [0, 0.05) is 38.6 Å². The molecule has 1 amide bonds. The van der Waals surface area contributed by atoms with Gasteiger partial charge in [-0.3, -0.25) is 9.82 Å². The summed E-state index contributed by atoms with van der Waals surface area (Å²) in [6.45, 7) is 0.312. The highest BCUT2D eigenvalue weighted by Crippen LogP contribution is 2.35. The largest absolute Gasteiger partial charge is 0.416 e. The number of benzene rings is 1. The van der Waals surface area contributed by atoms with Gasteiger partial charge in [0.25, 0.3) is 0 Å². The number of hydroxylamine groups is 1. The van der Waals surface area contributed by atoms with Crippen molar-refractivity contribution >= 4 is 16.1 Å². The van der Waals surface area contributed by atoms with Crippen molar-refractivity contribution in [3.05, 3.63) is 71.9 Å². The maximum atomic E-state index is 13.0. The summed E-state index contributed by atoms with van der Waals surface area (Å²) in [5.41, 5.74) is 1.45. The van der Waals surface area contributed by atoms with Crippen LogP contribution in [0.4, 0.5) is 18.0 Å². The highest BCUT2D eigenvalue weighted by Gasteiger charge is 2.43. The quantitative estimate of drug-likeness (QED) is 0.656. The summed E-state index contributed by atoms with van der Waals surface area (Å²) in [7, 11) is -2.56. The first-order valence-corrected chi connectivity index (χ1v) is 12.1. The van der Waals surface area contributed by atoms with Gasteiger partial charge in [0.2, 0.25) is 15.9 Å². The molecule has 0 bridgehead atoms. The van der Waals surface area contributed by atoms with E-state index in [9.17, 15) is 26.4 Å². The second kappa shape index (κ2) is 9.47. The van der Waals surface area contributed by atoms with Crippen molar-refractivity contribution in [3.63, 3.8) is 0 Å². The third-order valence-corrected chi connectivity index (χ3v) is 7.66. The van der Waals surface area contributed by atoms with E-state index in [1.54, 1.807) is 31.6 Å². The molecular weight excluding hydrogens is 489 g/mol. The third kappa shape index (κ3) is 5.57. The van der Waals surface area contributed by atoms with Crippen LogP contribution >= 0.6 is 0 Å². The van der Waals surface area contributed by atoms with E-state index in [2.05, 4.69) is 10.5 Å². The molecule has 1 N–H and O–H groups in total. The molecule has 2 aromatic rings. The van der Waals surface area contributed by atoms with E-state index in [-0.39, 0.29) is 38.4 Å². The third-order valence-electron chi connectivity index (χ3n) is 5.77. The molecule has 0 radical (unpaired) electrons. The van der Waals surface area contributed by atoms with E-state index in [1.807, 2.05) is 6.07 Å². The fourth-order valence-electron chi connectivity index (χ4n) is 3.84. The van der Waals surface area contributed by atoms with Crippen molar-refractivity contribution in [3.8, 4) is 0 Å². The van der Waals surface area contributed by atoms with Crippen LogP contribution < -0.4 is 5.48 Å². The number of pyridine rings is 1. The molecule has 1 fully saturated rings. The first-order valence-electron chi connectivity index (χ1n) is 10.6. The normalized spacial score (nSPS) is 18.1. The molecule has 2 aliphatic rings. The van der Waals surface area contributed by atoms with Crippen molar-refractivity contribution in [2.75, 3.05) is 20.1 Å². The number of nitrogens with zero attached hydrogens (tertiary/aromatic N) is 3. The van der Waals surface area contributed by atoms with Crippen molar-refractivity contribution in [1.29, 1.82) is 0 Å². The average Bonchev–Trinajstić information content (AvgIpc) is 3.21. The summed E-state index contributed by atoms with van der Waals surface area (Å²) >= 11 is 0. The summed E-state index contributed by atoms with van der Waals surface area (Å²) in [5, 5.41) is 0. The lowest BCUT2D eigenvalue weighted by atomic mass is 9.93. The Kier molecular flexibility index (Phi) is 6.75. The molecule has 0 unspecified atom stereocenters. The molecule has 1 spiro atoms. The molecule has 188 valence electrons. The Hall–Kier alpha value is -3.16. The van der Waals surface area contributed by atoms with Crippen molar-refractivity contribution in [2.45, 2.75) is 36.1 Å². The van der Waals surface area contributed by atoms with Crippen LogP contribution in [0.15, 0.2) is 65.6 Å². The highest BCUT2D eigenvalue weighted by atomic mass is 32.2. The average molecular weight is 513 g/mol. The molecule has 0 aliphatic carbocycles. The molecule has 1 saturated heterocycles. The molecule has 4 rings (SSSR count). The molecule has 0 atom stereocenters. The minimum atomic E-state index is -4.65. The fraction of sp³-hybridized carbons (Fsp3) is 0.364. The fourth-order valence-corrected chi connectivity index (χ4v) is 5.32. The summed E-state index contributed by atoms with van der Waals surface area (Å²) in [6.07, 6.45) is -0.00569. The molecule has 0 saturated carbocycles. The number of rotatable bonds is 5. The van der Waals surface area contributed by atoms with E-state index in [1.165, 1.54) is 4.90 Å². The summed E-state index contributed by atoms with van der Waals surface area (Å²) in [4.78, 5) is 22.9. The van der Waals surface area contributed by atoms with Crippen LogP contribution in [-0.4, -0.2) is 54.4 Å². The van der Waals surface area contributed by atoms with Crippen LogP contribution in [-0.2, 0) is 32.3 Å². The molecule has 1 aromatic carbocycles. The molecular formula is C22H23F3N4O5S. The number of alkyl halides is 3. The summed E-state index contributed by atoms with van der Waals surface area (Å²) < 4.78 is 71.3. The van der Waals surface area contributed by atoms with E-state index >= 15 is 0 Å². The number of carbonyl (C=O) groups excluding carboxylic acids is 1. The number of carbonyl (C=O) groups is 1. The van der Waals surface area contributed by atoms with Gasteiger partial charge >= 0.3 is 12.3 Å². The smallest absolute Gasteiger partial charge is 0.392 e. The lowest BCUT2D eigenvalue weighted by Gasteiger charge is -2.35. The lowest BCUT2D eigenvalue weighted by Crippen LogP contribution is -2.46. The Morgan fingerprint density at radius 2 is 2.00 bits per heavy atom. The van der Waals surface area contributed by atoms with Gasteiger partial charge in [0.1, 0.15) is 5.60 Å². The van der Waals surface area contributed by atoms with E-state index in [0.29, 0.717) is 6.07 Å². The summed E-state index contributed by atoms with van der Waals surface area (Å²) in [6, 6.07) is 7.24. The SMILES string of the molecule is CN(Cc1cccnc1)C(=O)OC1=CC2(CCN(S(=O)(=O)c3cccc(C(F)(F)F)c3)CC2)ON1. The first-order chi connectivity index (χ1) is 16.5. The second-order valence-corrected chi connectivity index (χ2v) is 10.2. The van der Waals surface area contributed by atoms with Gasteiger partial charge in [0.05, 0.1) is 17.0 Å². The van der Waals surface area contributed by atoms with Crippen LogP contribution in [0.25, 0.3) is 0 Å². The van der Waals surface area contributed by atoms with Crippen molar-refractivity contribution in [1.82, 2.24) is 19.7 Å². The Bertz CT molecular complexity index is 1210. The zero-order chi connectivity index (χ0) is 25.3. The second-order valence-electron chi connectivity index (χ2n) is 8.29. The predicted molar refractivity (Wildman–Crippen MR) is 117 cm³/mol. The Labute approximate surface area is 200 Å². The standard InChI is InChI=1S/C22H23F3N4O5S/c1-28(15-16-4-3-9-26-14-16)20(30)33-19-13-21(34-27-19)7-10-29(11-8-21)35(31,32)18-6-2-5-17(12-18)22(23,24)25/h2-6,9,12-14,27H,7-8,10-11,15H2,1H3. The van der Waals surface area contributed by atoms with Crippen molar-refractivity contribution in [2.24, 2.45) is 0 Å². The topological polar surface area (TPSA) is 101 Å². The number of piperidine rings is 1. The van der Waals surface area contributed by atoms with E-state index < -0.39 is 38.4 Å². The molecule has 3 heterocycles. The minimum Gasteiger partial charge on any atom is -0.392 e. The molecule has 13 heteroatoms. The highest BCUT2D eigenvalue weighted by molar-refractivity contribution is 7.89.